The SMILES string of the molecule is CC(=O)N(CCC(=O)N1CCOCC1)c1cc(C)on1. The van der Waals surface area contributed by atoms with Crippen LogP contribution in [0, 0.1) is 6.92 Å². The normalized spacial score (nSPS) is 15.2. The Balaban J connectivity index is 1.92. The Hall–Kier alpha value is -1.89. The molecule has 1 aromatic heterocycles. The Kier molecular flexibility index (Phi) is 4.73. The van der Waals surface area contributed by atoms with E-state index >= 15 is 0 Å². The lowest BCUT2D eigenvalue weighted by Gasteiger charge is -2.27. The van der Waals surface area contributed by atoms with Gasteiger partial charge in [0.15, 0.2) is 5.82 Å². The molecule has 0 unspecified atom stereocenters. The van der Waals surface area contributed by atoms with Gasteiger partial charge in [-0.2, -0.15) is 0 Å². The largest absolute Gasteiger partial charge is 0.378 e. The van der Waals surface area contributed by atoms with Gasteiger partial charge in [0.25, 0.3) is 0 Å². The summed E-state index contributed by atoms with van der Waals surface area (Å²) in [5.74, 6) is 0.948. The Labute approximate surface area is 117 Å². The van der Waals surface area contributed by atoms with Crippen molar-refractivity contribution in [3.8, 4) is 0 Å². The van der Waals surface area contributed by atoms with Crippen molar-refractivity contribution in [1.82, 2.24) is 10.1 Å². The van der Waals surface area contributed by atoms with E-state index in [4.69, 9.17) is 9.26 Å². The summed E-state index contributed by atoms with van der Waals surface area (Å²) < 4.78 is 10.2. The smallest absolute Gasteiger partial charge is 0.225 e. The van der Waals surface area contributed by atoms with Gasteiger partial charge in [-0.25, -0.2) is 0 Å². The number of ether oxygens (including phenoxy) is 1. The highest BCUT2D eigenvalue weighted by Gasteiger charge is 2.20. The molecule has 2 rings (SSSR count). The molecule has 2 amide bonds. The maximum atomic E-state index is 12.1. The van der Waals surface area contributed by atoms with Crippen molar-refractivity contribution in [2.24, 2.45) is 0 Å². The van der Waals surface area contributed by atoms with Gasteiger partial charge in [-0.3, -0.25) is 14.5 Å². The second-order valence-corrected chi connectivity index (χ2v) is 4.71. The number of amides is 2. The summed E-state index contributed by atoms with van der Waals surface area (Å²) in [6.07, 6.45) is 0.269. The Morgan fingerprint density at radius 1 is 1.40 bits per heavy atom. The van der Waals surface area contributed by atoms with E-state index < -0.39 is 0 Å². The van der Waals surface area contributed by atoms with Crippen LogP contribution in [0.3, 0.4) is 0 Å². The molecule has 7 heteroatoms. The molecule has 1 fully saturated rings. The minimum absolute atomic E-state index is 0.0276. The molecule has 0 aliphatic carbocycles. The lowest BCUT2D eigenvalue weighted by atomic mass is 10.3. The van der Waals surface area contributed by atoms with Gasteiger partial charge in [-0.1, -0.05) is 5.16 Å². The second-order valence-electron chi connectivity index (χ2n) is 4.71. The van der Waals surface area contributed by atoms with Gasteiger partial charge in [-0.15, -0.1) is 0 Å². The quantitative estimate of drug-likeness (QED) is 0.807. The summed E-state index contributed by atoms with van der Waals surface area (Å²) in [6, 6.07) is 1.68. The lowest BCUT2D eigenvalue weighted by molar-refractivity contribution is -0.135. The summed E-state index contributed by atoms with van der Waals surface area (Å²) in [4.78, 5) is 26.9. The summed E-state index contributed by atoms with van der Waals surface area (Å²) in [5, 5.41) is 3.81. The van der Waals surface area contributed by atoms with Crippen LogP contribution < -0.4 is 4.90 Å². The number of aryl methyl sites for hydroxylation is 1. The van der Waals surface area contributed by atoms with Crippen molar-refractivity contribution in [3.05, 3.63) is 11.8 Å². The third kappa shape index (κ3) is 3.57. The van der Waals surface area contributed by atoms with Gasteiger partial charge in [-0.05, 0) is 6.92 Å². The number of hydrogen-bond acceptors (Lipinski definition) is 5. The van der Waals surface area contributed by atoms with E-state index in [-0.39, 0.29) is 18.2 Å². The Bertz CT molecular complexity index is 480. The molecule has 2 heterocycles. The zero-order valence-corrected chi connectivity index (χ0v) is 11.8. The van der Waals surface area contributed by atoms with E-state index in [1.165, 1.54) is 11.8 Å². The van der Waals surface area contributed by atoms with Crippen LogP contribution in [0.2, 0.25) is 0 Å². The summed E-state index contributed by atoms with van der Waals surface area (Å²) in [7, 11) is 0. The topological polar surface area (TPSA) is 75.9 Å². The highest BCUT2D eigenvalue weighted by atomic mass is 16.5. The van der Waals surface area contributed by atoms with Gasteiger partial charge in [0.05, 0.1) is 13.2 Å². The number of hydrogen-bond donors (Lipinski definition) is 0. The standard InChI is InChI=1S/C13H19N3O4/c1-10-9-12(14-20-10)16(11(2)17)4-3-13(18)15-5-7-19-8-6-15/h9H,3-8H2,1-2H3. The number of anilines is 1. The van der Waals surface area contributed by atoms with Crippen LogP contribution in [0.5, 0.6) is 0 Å². The lowest BCUT2D eigenvalue weighted by Crippen LogP contribution is -2.42. The molecule has 110 valence electrons. The minimum Gasteiger partial charge on any atom is -0.378 e. The van der Waals surface area contributed by atoms with E-state index in [1.807, 2.05) is 0 Å². The third-order valence-corrected chi connectivity index (χ3v) is 3.19. The van der Waals surface area contributed by atoms with Crippen molar-refractivity contribution >= 4 is 17.6 Å². The molecule has 0 saturated carbocycles. The van der Waals surface area contributed by atoms with Crippen LogP contribution in [-0.4, -0.2) is 54.7 Å². The van der Waals surface area contributed by atoms with Crippen molar-refractivity contribution < 1.29 is 18.8 Å². The predicted octanol–water partition coefficient (Wildman–Crippen LogP) is 0.585. The van der Waals surface area contributed by atoms with Crippen LogP contribution in [0.1, 0.15) is 19.1 Å². The first-order valence-electron chi connectivity index (χ1n) is 6.65. The first-order valence-corrected chi connectivity index (χ1v) is 6.65. The van der Waals surface area contributed by atoms with Crippen LogP contribution in [0.15, 0.2) is 10.6 Å². The molecule has 1 aliphatic rings. The molecular weight excluding hydrogens is 262 g/mol. The maximum Gasteiger partial charge on any atom is 0.225 e. The number of nitrogens with zero attached hydrogens (tertiary/aromatic N) is 3. The molecule has 20 heavy (non-hydrogen) atoms. The second kappa shape index (κ2) is 6.51. The van der Waals surface area contributed by atoms with Crippen LogP contribution in [0.4, 0.5) is 5.82 Å². The average molecular weight is 281 g/mol. The molecule has 0 radical (unpaired) electrons. The number of rotatable bonds is 4. The molecule has 0 spiro atoms. The van der Waals surface area contributed by atoms with Gasteiger partial charge >= 0.3 is 0 Å². The van der Waals surface area contributed by atoms with Crippen molar-refractivity contribution in [1.29, 1.82) is 0 Å². The van der Waals surface area contributed by atoms with E-state index in [2.05, 4.69) is 5.16 Å². The van der Waals surface area contributed by atoms with Gasteiger partial charge in [0.1, 0.15) is 5.76 Å². The highest BCUT2D eigenvalue weighted by Crippen LogP contribution is 2.15. The van der Waals surface area contributed by atoms with Gasteiger partial charge in [0, 0.05) is 39.0 Å². The van der Waals surface area contributed by atoms with Crippen molar-refractivity contribution in [2.75, 3.05) is 37.7 Å². The van der Waals surface area contributed by atoms with E-state index in [0.29, 0.717) is 44.4 Å². The van der Waals surface area contributed by atoms with E-state index in [9.17, 15) is 9.59 Å². The molecular formula is C13H19N3O4. The molecule has 1 saturated heterocycles. The molecule has 0 bridgehead atoms. The molecule has 0 atom stereocenters. The van der Waals surface area contributed by atoms with Gasteiger partial charge < -0.3 is 14.2 Å². The van der Waals surface area contributed by atoms with E-state index in [0.717, 1.165) is 0 Å². The summed E-state index contributed by atoms with van der Waals surface area (Å²) >= 11 is 0. The maximum absolute atomic E-state index is 12.1. The molecule has 0 N–H and O–H groups in total. The first kappa shape index (κ1) is 14.5. The molecule has 0 aromatic carbocycles. The monoisotopic (exact) mass is 281 g/mol. The zero-order chi connectivity index (χ0) is 14.5. The average Bonchev–Trinajstić information content (AvgIpc) is 2.86. The van der Waals surface area contributed by atoms with E-state index in [1.54, 1.807) is 17.9 Å². The summed E-state index contributed by atoms with van der Waals surface area (Å²) in [6.45, 7) is 5.88. The third-order valence-electron chi connectivity index (χ3n) is 3.19. The number of carbonyl (C=O) groups excluding carboxylic acids is 2. The fraction of sp³-hybridized carbons (Fsp3) is 0.615. The first-order chi connectivity index (χ1) is 9.58. The van der Waals surface area contributed by atoms with Crippen LogP contribution in [-0.2, 0) is 14.3 Å². The number of aromatic nitrogens is 1. The number of carbonyl (C=O) groups is 2. The fourth-order valence-corrected chi connectivity index (χ4v) is 2.09. The van der Waals surface area contributed by atoms with Crippen LogP contribution >= 0.6 is 0 Å². The van der Waals surface area contributed by atoms with Crippen molar-refractivity contribution in [3.63, 3.8) is 0 Å². The molecule has 1 aliphatic heterocycles. The molecule has 1 aromatic rings. The van der Waals surface area contributed by atoms with Crippen LogP contribution in [0.25, 0.3) is 0 Å². The zero-order valence-electron chi connectivity index (χ0n) is 11.8. The highest BCUT2D eigenvalue weighted by molar-refractivity contribution is 5.91. The van der Waals surface area contributed by atoms with Gasteiger partial charge in [0.2, 0.25) is 11.8 Å². The summed E-state index contributed by atoms with van der Waals surface area (Å²) in [5.41, 5.74) is 0. The molecule has 7 nitrogen and oxygen atoms in total. The minimum atomic E-state index is -0.159. The fourth-order valence-electron chi connectivity index (χ4n) is 2.09. The predicted molar refractivity (Wildman–Crippen MR) is 71.3 cm³/mol. The Morgan fingerprint density at radius 3 is 2.65 bits per heavy atom. The Morgan fingerprint density at radius 2 is 2.10 bits per heavy atom. The van der Waals surface area contributed by atoms with Crippen molar-refractivity contribution in [2.45, 2.75) is 20.3 Å². The number of morpholine rings is 1.